The van der Waals surface area contributed by atoms with Crippen molar-refractivity contribution in [3.8, 4) is 39.5 Å². The first-order valence-electron chi connectivity index (χ1n) is 16.3. The van der Waals surface area contributed by atoms with Crippen molar-refractivity contribution in [1.29, 1.82) is 0 Å². The quantitative estimate of drug-likeness (QED) is 0.127. The molecule has 1 aliphatic heterocycles. The van der Waals surface area contributed by atoms with E-state index in [4.69, 9.17) is 24.5 Å². The first-order valence-corrected chi connectivity index (χ1v) is 16.3. The molecule has 2 aromatic carbocycles. The fourth-order valence-electron chi connectivity index (χ4n) is 7.21. The highest BCUT2D eigenvalue weighted by Gasteiger charge is 2.37. The van der Waals surface area contributed by atoms with Crippen LogP contribution >= 0.6 is 0 Å². The van der Waals surface area contributed by atoms with Gasteiger partial charge in [-0.1, -0.05) is 12.6 Å². The second-order valence-electron chi connectivity index (χ2n) is 12.7. The van der Waals surface area contributed by atoms with Gasteiger partial charge in [-0.05, 0) is 63.5 Å². The number of imidazole rings is 1. The van der Waals surface area contributed by atoms with Gasteiger partial charge in [0.25, 0.3) is 0 Å². The molecule has 0 radical (unpaired) electrons. The Bertz CT molecular complexity index is 2140. The number of benzene rings is 2. The Labute approximate surface area is 282 Å². The molecule has 0 spiro atoms. The number of aryl methyl sites for hydroxylation is 2. The molecule has 0 fully saturated rings. The van der Waals surface area contributed by atoms with E-state index in [-0.39, 0.29) is 65.8 Å². The van der Waals surface area contributed by atoms with Crippen molar-refractivity contribution in [2.45, 2.75) is 51.9 Å². The number of carbonyl (C=O) groups excluding carboxylic acids is 1. The number of hydrogen-bond acceptors (Lipinski definition) is 6. The summed E-state index contributed by atoms with van der Waals surface area (Å²) in [7, 11) is 3.43. The lowest BCUT2D eigenvalue weighted by Gasteiger charge is -2.36. The zero-order valence-electron chi connectivity index (χ0n) is 28.1. The van der Waals surface area contributed by atoms with Gasteiger partial charge in [0.2, 0.25) is 5.91 Å². The van der Waals surface area contributed by atoms with Crippen molar-refractivity contribution in [2.24, 2.45) is 7.05 Å². The van der Waals surface area contributed by atoms with Gasteiger partial charge < -0.3 is 18.9 Å². The monoisotopic (exact) mass is 670 g/mol. The first kappa shape index (κ1) is 32.6. The molecule has 254 valence electrons. The highest BCUT2D eigenvalue weighted by Crippen LogP contribution is 2.51. The molecular formula is C37H37F3N6O3. The van der Waals surface area contributed by atoms with E-state index < -0.39 is 17.8 Å². The summed E-state index contributed by atoms with van der Waals surface area (Å²) in [5.41, 5.74) is 5.27. The number of alkyl halides is 1. The first-order chi connectivity index (χ1) is 23.5. The van der Waals surface area contributed by atoms with E-state index in [0.29, 0.717) is 29.9 Å². The van der Waals surface area contributed by atoms with Crippen LogP contribution in [0.2, 0.25) is 0 Å². The van der Waals surface area contributed by atoms with Gasteiger partial charge in [0.1, 0.15) is 41.7 Å². The van der Waals surface area contributed by atoms with E-state index in [0.717, 1.165) is 40.2 Å². The summed E-state index contributed by atoms with van der Waals surface area (Å²) < 4.78 is 62.1. The molecule has 12 heteroatoms. The standard InChI is InChI=1S/C37H37F3N6O3/c1-7-32(47)45-18-19(2)46-30(20(45)3)17-28(43-46)37-35(34-26(40)15-23(38)16-31(34)49-13-12-48-6)33-24(9-10-25(33)39)36(42-37)22-8-11-29-27(14-22)41-21(4)44(29)5/h7-8,11,14-17,19-20,25H,1,9-10,12-13,18H2,2-6H3/t19-,20+,25+/m0/s1. The maximum Gasteiger partial charge on any atom is 0.246 e. The SMILES string of the molecule is C=CC(=O)N1C[C@H](C)n2nc(-c3nc(-c4ccc5c(c4)nc(C)n5C)c4c(c3-c3c(F)cc(F)cc3OCCOC)[C@H](F)CC4)cc2[C@H]1C. The molecule has 0 bridgehead atoms. The number of pyridine rings is 1. The van der Waals surface area contributed by atoms with Crippen molar-refractivity contribution in [3.63, 3.8) is 0 Å². The Morgan fingerprint density at radius 2 is 1.88 bits per heavy atom. The average Bonchev–Trinajstić information content (AvgIpc) is 3.77. The molecule has 0 unspecified atom stereocenters. The largest absolute Gasteiger partial charge is 0.490 e. The van der Waals surface area contributed by atoms with E-state index in [9.17, 15) is 9.18 Å². The molecule has 4 heterocycles. The summed E-state index contributed by atoms with van der Waals surface area (Å²) in [6.45, 7) is 10.0. The molecule has 0 saturated carbocycles. The molecular weight excluding hydrogens is 633 g/mol. The average molecular weight is 671 g/mol. The van der Waals surface area contributed by atoms with E-state index in [2.05, 4.69) is 6.58 Å². The number of fused-ring (bicyclic) bond motifs is 3. The number of methoxy groups -OCH3 is 1. The fraction of sp³-hybridized carbons (Fsp3) is 0.351. The number of halogens is 3. The molecule has 0 saturated heterocycles. The summed E-state index contributed by atoms with van der Waals surface area (Å²) >= 11 is 0. The Kier molecular flexibility index (Phi) is 8.30. The van der Waals surface area contributed by atoms with E-state index >= 15 is 8.78 Å². The molecule has 5 aromatic rings. The van der Waals surface area contributed by atoms with Crippen LogP contribution in [0.5, 0.6) is 5.75 Å². The summed E-state index contributed by atoms with van der Waals surface area (Å²) in [6.07, 6.45) is 0.353. The van der Waals surface area contributed by atoms with Gasteiger partial charge >= 0.3 is 0 Å². The van der Waals surface area contributed by atoms with Crippen LogP contribution < -0.4 is 4.74 Å². The van der Waals surface area contributed by atoms with Crippen LogP contribution in [0.25, 0.3) is 44.8 Å². The van der Waals surface area contributed by atoms with Gasteiger partial charge in [-0.3, -0.25) is 9.48 Å². The van der Waals surface area contributed by atoms with Crippen LogP contribution in [0.1, 0.15) is 61.2 Å². The normalized spacial score (nSPS) is 18.5. The predicted molar refractivity (Wildman–Crippen MR) is 180 cm³/mol. The molecule has 2 aliphatic rings. The Balaban J connectivity index is 1.53. The minimum atomic E-state index is -1.46. The maximum atomic E-state index is 16.4. The van der Waals surface area contributed by atoms with Gasteiger partial charge in [-0.15, -0.1) is 0 Å². The number of amides is 1. The van der Waals surface area contributed by atoms with Crippen molar-refractivity contribution in [2.75, 3.05) is 26.9 Å². The molecule has 49 heavy (non-hydrogen) atoms. The van der Waals surface area contributed by atoms with Gasteiger partial charge in [-0.25, -0.2) is 23.1 Å². The maximum absolute atomic E-state index is 16.4. The van der Waals surface area contributed by atoms with Crippen LogP contribution in [0.3, 0.4) is 0 Å². The molecule has 1 amide bonds. The summed E-state index contributed by atoms with van der Waals surface area (Å²) in [6, 6.07) is 8.92. The van der Waals surface area contributed by atoms with Crippen molar-refractivity contribution in [1.82, 2.24) is 29.2 Å². The molecule has 0 N–H and O–H groups in total. The lowest BCUT2D eigenvalue weighted by Crippen LogP contribution is -2.42. The van der Waals surface area contributed by atoms with Crippen molar-refractivity contribution in [3.05, 3.63) is 83.3 Å². The number of aromatic nitrogens is 5. The number of nitrogens with zero attached hydrogens (tertiary/aromatic N) is 6. The lowest BCUT2D eigenvalue weighted by molar-refractivity contribution is -0.129. The van der Waals surface area contributed by atoms with Gasteiger partial charge in [0, 0.05) is 49.5 Å². The summed E-state index contributed by atoms with van der Waals surface area (Å²) in [5.74, 6) is -1.21. The second kappa shape index (κ2) is 12.5. The van der Waals surface area contributed by atoms with Gasteiger partial charge in [-0.2, -0.15) is 5.10 Å². The third-order valence-electron chi connectivity index (χ3n) is 9.73. The molecule has 3 aromatic heterocycles. The van der Waals surface area contributed by atoms with E-state index in [1.165, 1.54) is 13.2 Å². The number of hydrogen-bond donors (Lipinski definition) is 0. The second-order valence-corrected chi connectivity index (χ2v) is 12.7. The lowest BCUT2D eigenvalue weighted by atomic mass is 9.90. The minimum Gasteiger partial charge on any atom is -0.490 e. The highest BCUT2D eigenvalue weighted by molar-refractivity contribution is 5.91. The Hall–Kier alpha value is -4.97. The summed E-state index contributed by atoms with van der Waals surface area (Å²) in [5, 5.41) is 4.96. The highest BCUT2D eigenvalue weighted by atomic mass is 19.1. The van der Waals surface area contributed by atoms with Gasteiger partial charge in [0.05, 0.1) is 52.4 Å². The van der Waals surface area contributed by atoms with E-state index in [1.54, 1.807) is 4.90 Å². The summed E-state index contributed by atoms with van der Waals surface area (Å²) in [4.78, 5) is 24.4. The van der Waals surface area contributed by atoms with Gasteiger partial charge in [0.15, 0.2) is 0 Å². The predicted octanol–water partition coefficient (Wildman–Crippen LogP) is 7.38. The van der Waals surface area contributed by atoms with E-state index in [1.807, 2.05) is 61.3 Å². The van der Waals surface area contributed by atoms with Crippen LogP contribution in [0.15, 0.2) is 49.1 Å². The zero-order chi connectivity index (χ0) is 34.7. The third-order valence-corrected chi connectivity index (χ3v) is 9.73. The molecule has 9 nitrogen and oxygen atoms in total. The molecule has 1 aliphatic carbocycles. The number of ether oxygens (including phenoxy) is 2. The minimum absolute atomic E-state index is 0.0129. The van der Waals surface area contributed by atoms with Crippen molar-refractivity contribution >= 4 is 16.9 Å². The van der Waals surface area contributed by atoms with Crippen LogP contribution in [0, 0.1) is 18.6 Å². The zero-order valence-corrected chi connectivity index (χ0v) is 28.1. The van der Waals surface area contributed by atoms with Crippen LogP contribution in [-0.2, 0) is 23.0 Å². The van der Waals surface area contributed by atoms with Crippen LogP contribution in [0.4, 0.5) is 13.2 Å². The Morgan fingerprint density at radius 1 is 1.08 bits per heavy atom. The number of rotatable bonds is 8. The number of carbonyl (C=O) groups is 1. The molecule has 7 rings (SSSR count). The fourth-order valence-corrected chi connectivity index (χ4v) is 7.21. The smallest absolute Gasteiger partial charge is 0.246 e. The van der Waals surface area contributed by atoms with Crippen molar-refractivity contribution < 1.29 is 27.4 Å². The van der Waals surface area contributed by atoms with Crippen LogP contribution in [-0.4, -0.2) is 62.0 Å². The molecule has 3 atom stereocenters. The topological polar surface area (TPSA) is 87.3 Å². The third kappa shape index (κ3) is 5.38. The Morgan fingerprint density at radius 3 is 2.63 bits per heavy atom.